The zero-order valence-corrected chi connectivity index (χ0v) is 23.3. The lowest BCUT2D eigenvalue weighted by Gasteiger charge is -2.16. The molecule has 1 aromatic rings. The van der Waals surface area contributed by atoms with E-state index in [1.54, 1.807) is 0 Å². The molecule has 2 N–H and O–H groups in total. The van der Waals surface area contributed by atoms with Crippen molar-refractivity contribution in [3.8, 4) is 0 Å². The average Bonchev–Trinajstić information content (AvgIpc) is 3.44. The zero-order chi connectivity index (χ0) is 26.1. The third-order valence-electron chi connectivity index (χ3n) is 6.85. The Labute approximate surface area is 229 Å². The van der Waals surface area contributed by atoms with Crippen LogP contribution in [0.3, 0.4) is 0 Å². The van der Waals surface area contributed by atoms with E-state index < -0.39 is 0 Å². The molecule has 10 heteroatoms. The van der Waals surface area contributed by atoms with Crippen molar-refractivity contribution in [2.45, 2.75) is 106 Å². The van der Waals surface area contributed by atoms with Crippen molar-refractivity contribution < 1.29 is 14.3 Å². The van der Waals surface area contributed by atoms with E-state index in [-0.39, 0.29) is 24.1 Å². The van der Waals surface area contributed by atoms with Crippen LogP contribution in [0.25, 0.3) is 10.4 Å². The summed E-state index contributed by atoms with van der Waals surface area (Å²) in [7, 11) is 0. The summed E-state index contributed by atoms with van der Waals surface area (Å²) in [5.74, 6) is 0.985. The molecule has 37 heavy (non-hydrogen) atoms. The average molecular weight is 548 g/mol. The van der Waals surface area contributed by atoms with Crippen LogP contribution in [0.15, 0.2) is 35.4 Å². The van der Waals surface area contributed by atoms with E-state index in [0.29, 0.717) is 29.4 Å². The maximum Gasteiger partial charge on any atom is 0.315 e. The molecule has 2 aliphatic rings. The van der Waals surface area contributed by atoms with Crippen LogP contribution in [-0.4, -0.2) is 46.2 Å². The van der Waals surface area contributed by atoms with Gasteiger partial charge in [0.05, 0.1) is 16.7 Å². The Kier molecular flexibility index (Phi) is 13.9. The molecule has 1 aromatic carbocycles. The molecule has 0 bridgehead atoms. The summed E-state index contributed by atoms with van der Waals surface area (Å²) in [5, 5.41) is 10.2. The van der Waals surface area contributed by atoms with E-state index in [0.717, 1.165) is 43.4 Å². The number of ether oxygens (including phenoxy) is 1. The first-order valence-corrected chi connectivity index (χ1v) is 15.7. The molecule has 0 radical (unpaired) electrons. The lowest BCUT2D eigenvalue weighted by Crippen LogP contribution is -2.38. The summed E-state index contributed by atoms with van der Waals surface area (Å²) in [6, 6.07) is 10.1. The number of nitrogens with one attached hydrogen (secondary N) is 2. The second-order valence-electron chi connectivity index (χ2n) is 9.76. The Hall–Kier alpha value is -2.03. The number of carbonyl (C=O) groups excluding carboxylic acids is 2. The topological polar surface area (TPSA) is 116 Å². The normalized spacial score (nSPS) is 22.1. The largest absolute Gasteiger partial charge is 0.461 e. The van der Waals surface area contributed by atoms with Gasteiger partial charge < -0.3 is 15.4 Å². The number of esters is 1. The quantitative estimate of drug-likeness (QED) is 0.0486. The molecule has 8 nitrogen and oxygen atoms in total. The minimum absolute atomic E-state index is 0.0465. The lowest BCUT2D eigenvalue weighted by atomic mass is 10.0. The monoisotopic (exact) mass is 547 g/mol. The number of fused-ring (bicyclic) bond motifs is 1. The number of nitrogens with zero attached hydrogens (tertiary/aromatic N) is 3. The molecule has 2 fully saturated rings. The van der Waals surface area contributed by atoms with Crippen LogP contribution < -0.4 is 10.6 Å². The standard InChI is InChI=1S/C27H41N5O3S2/c28-32-29-18-12-5-3-1-2-4-6-13-19-36-26-25-24(30-27(34)31-25)22(37-26)16-10-11-17-23(33)35-20-21-14-8-7-9-15-21/h7-9,14-15,22,24-26H,1-6,10-13,16-20H2,(H2,30,31,34)/t22-,24+,25+,26+/m0/s1. The maximum absolute atomic E-state index is 12.1. The number of carbonyl (C=O) groups is 2. The fourth-order valence-electron chi connectivity index (χ4n) is 4.83. The highest BCUT2D eigenvalue weighted by atomic mass is 32.2. The molecular weight excluding hydrogens is 506 g/mol. The van der Waals surface area contributed by atoms with Crippen molar-refractivity contribution >= 4 is 35.5 Å². The van der Waals surface area contributed by atoms with Crippen LogP contribution >= 0.6 is 23.5 Å². The number of amides is 2. The Morgan fingerprint density at radius 3 is 2.43 bits per heavy atom. The first-order chi connectivity index (χ1) is 18.2. The zero-order valence-electron chi connectivity index (χ0n) is 21.7. The van der Waals surface area contributed by atoms with E-state index >= 15 is 0 Å². The maximum atomic E-state index is 12.1. The highest BCUT2D eigenvalue weighted by Gasteiger charge is 2.48. The molecule has 2 heterocycles. The first-order valence-electron chi connectivity index (χ1n) is 13.7. The molecule has 0 spiro atoms. The highest BCUT2D eigenvalue weighted by Crippen LogP contribution is 2.44. The summed E-state index contributed by atoms with van der Waals surface area (Å²) in [6.45, 7) is 0.952. The van der Waals surface area contributed by atoms with Gasteiger partial charge in [0.25, 0.3) is 0 Å². The molecule has 0 saturated carbocycles. The van der Waals surface area contributed by atoms with Gasteiger partial charge in [0.2, 0.25) is 0 Å². The third-order valence-corrected chi connectivity index (χ3v) is 10.2. The molecule has 2 aliphatic heterocycles. The van der Waals surface area contributed by atoms with Crippen molar-refractivity contribution in [1.29, 1.82) is 0 Å². The van der Waals surface area contributed by atoms with E-state index in [1.807, 2.05) is 53.9 Å². The number of thioether (sulfide) groups is 2. The van der Waals surface area contributed by atoms with Gasteiger partial charge in [-0.05, 0) is 42.5 Å². The fraction of sp³-hybridized carbons (Fsp3) is 0.704. The predicted octanol–water partition coefficient (Wildman–Crippen LogP) is 6.95. The predicted molar refractivity (Wildman–Crippen MR) is 153 cm³/mol. The Bertz CT molecular complexity index is 869. The molecule has 2 saturated heterocycles. The molecule has 0 aromatic heterocycles. The molecule has 204 valence electrons. The number of urea groups is 1. The van der Waals surface area contributed by atoms with Gasteiger partial charge in [-0.3, -0.25) is 4.79 Å². The van der Waals surface area contributed by atoms with Crippen LogP contribution in [0.1, 0.15) is 82.6 Å². The van der Waals surface area contributed by atoms with E-state index in [2.05, 4.69) is 20.7 Å². The van der Waals surface area contributed by atoms with Gasteiger partial charge in [-0.15, -0.1) is 23.5 Å². The Balaban J connectivity index is 1.24. The fourth-order valence-corrected chi connectivity index (χ4v) is 8.37. The van der Waals surface area contributed by atoms with E-state index in [4.69, 9.17) is 10.3 Å². The van der Waals surface area contributed by atoms with Crippen molar-refractivity contribution in [3.05, 3.63) is 46.3 Å². The smallest absolute Gasteiger partial charge is 0.315 e. The number of unbranched alkanes of at least 4 members (excludes halogenated alkanes) is 8. The molecule has 3 rings (SSSR count). The summed E-state index contributed by atoms with van der Waals surface area (Å²) in [4.78, 5) is 26.9. The van der Waals surface area contributed by atoms with Crippen molar-refractivity contribution in [2.75, 3.05) is 12.3 Å². The van der Waals surface area contributed by atoms with Gasteiger partial charge in [0.1, 0.15) is 6.61 Å². The van der Waals surface area contributed by atoms with Gasteiger partial charge in [0, 0.05) is 23.1 Å². The second-order valence-corrected chi connectivity index (χ2v) is 12.7. The minimum Gasteiger partial charge on any atom is -0.461 e. The number of hydrogen-bond donors (Lipinski definition) is 2. The summed E-state index contributed by atoms with van der Waals surface area (Å²) >= 11 is 3.98. The van der Waals surface area contributed by atoms with Crippen molar-refractivity contribution in [3.63, 3.8) is 0 Å². The summed E-state index contributed by atoms with van der Waals surface area (Å²) < 4.78 is 5.77. The highest BCUT2D eigenvalue weighted by molar-refractivity contribution is 8.17. The van der Waals surface area contributed by atoms with Crippen LogP contribution in [0.5, 0.6) is 0 Å². The van der Waals surface area contributed by atoms with Gasteiger partial charge in [-0.1, -0.05) is 80.4 Å². The van der Waals surface area contributed by atoms with Crippen LogP contribution in [0.2, 0.25) is 0 Å². The number of hydrogen-bond acceptors (Lipinski definition) is 6. The van der Waals surface area contributed by atoms with Gasteiger partial charge in [0.15, 0.2) is 0 Å². The van der Waals surface area contributed by atoms with Gasteiger partial charge in [-0.25, -0.2) is 4.79 Å². The molecule has 4 atom stereocenters. The van der Waals surface area contributed by atoms with E-state index in [1.165, 1.54) is 38.5 Å². The van der Waals surface area contributed by atoms with Crippen molar-refractivity contribution in [1.82, 2.24) is 10.6 Å². The number of benzene rings is 1. The third kappa shape index (κ3) is 11.1. The molecule has 0 aliphatic carbocycles. The van der Waals surface area contributed by atoms with E-state index in [9.17, 15) is 9.59 Å². The lowest BCUT2D eigenvalue weighted by molar-refractivity contribution is -0.145. The molecule has 2 amide bonds. The number of rotatable bonds is 19. The van der Waals surface area contributed by atoms with Crippen LogP contribution in [-0.2, 0) is 16.1 Å². The Morgan fingerprint density at radius 2 is 1.68 bits per heavy atom. The first kappa shape index (κ1) is 29.5. The molecular formula is C27H41N5O3S2. The Morgan fingerprint density at radius 1 is 0.973 bits per heavy atom. The van der Waals surface area contributed by atoms with Gasteiger partial charge in [-0.2, -0.15) is 0 Å². The molecule has 0 unspecified atom stereocenters. The minimum atomic E-state index is -0.143. The summed E-state index contributed by atoms with van der Waals surface area (Å²) in [5.41, 5.74) is 9.28. The summed E-state index contributed by atoms with van der Waals surface area (Å²) in [6.07, 6.45) is 12.9. The number of azide groups is 1. The SMILES string of the molecule is [N-]=[N+]=NCCCCCCCCCCS[C@@H]1S[C@@H](CCCCC(=O)OCc2ccccc2)[C@H]2NC(=O)N[C@@H]12. The second kappa shape index (κ2) is 17.5. The van der Waals surface area contributed by atoms with Crippen LogP contribution in [0, 0.1) is 0 Å². The van der Waals surface area contributed by atoms with Crippen LogP contribution in [0.4, 0.5) is 4.79 Å². The van der Waals surface area contributed by atoms with Crippen molar-refractivity contribution in [2.24, 2.45) is 5.11 Å². The van der Waals surface area contributed by atoms with Gasteiger partial charge >= 0.3 is 12.0 Å².